The monoisotopic (exact) mass is 342 g/mol. The molecule has 2 rings (SSSR count). The van der Waals surface area contributed by atoms with Crippen LogP contribution in [0.5, 0.6) is 5.75 Å². The lowest BCUT2D eigenvalue weighted by Gasteiger charge is -2.35. The number of nitrogen functional groups attached to an aromatic ring is 1. The normalized spacial score (nSPS) is 17.6. The Balaban J connectivity index is 0.00000200. The summed E-state index contributed by atoms with van der Waals surface area (Å²) < 4.78 is 0. The number of halogens is 1. The lowest BCUT2D eigenvalue weighted by Crippen LogP contribution is -2.40. The number of hydrogen-bond donors (Lipinski definition) is 2. The van der Waals surface area contributed by atoms with Gasteiger partial charge in [0.25, 0.3) is 0 Å². The van der Waals surface area contributed by atoms with Crippen LogP contribution in [-0.2, 0) is 12.8 Å². The molecular formula is C16H27BrN2O. The third kappa shape index (κ3) is 3.67. The average Bonchev–Trinajstić information content (AvgIpc) is 2.42. The van der Waals surface area contributed by atoms with Gasteiger partial charge in [0.15, 0.2) is 0 Å². The number of nitrogens with zero attached hydrogens (tertiary/aromatic N) is 1. The van der Waals surface area contributed by atoms with Gasteiger partial charge in [0.2, 0.25) is 0 Å². The third-order valence-electron chi connectivity index (χ3n) is 4.15. The summed E-state index contributed by atoms with van der Waals surface area (Å²) in [6.45, 7) is 6.85. The number of aromatic hydroxyl groups is 1. The van der Waals surface area contributed by atoms with Crippen LogP contribution in [0.3, 0.4) is 0 Å². The van der Waals surface area contributed by atoms with E-state index in [2.05, 4.69) is 18.7 Å². The Labute approximate surface area is 132 Å². The summed E-state index contributed by atoms with van der Waals surface area (Å²) in [5.74, 6) is 0.233. The van der Waals surface area contributed by atoms with Crippen molar-refractivity contribution in [3.05, 3.63) is 23.3 Å². The maximum absolute atomic E-state index is 9.68. The number of benzene rings is 1. The van der Waals surface area contributed by atoms with E-state index < -0.39 is 0 Å². The second kappa shape index (κ2) is 7.89. The van der Waals surface area contributed by atoms with Gasteiger partial charge in [0.1, 0.15) is 5.75 Å². The molecule has 4 heteroatoms. The molecule has 1 unspecified atom stereocenters. The van der Waals surface area contributed by atoms with E-state index in [0.29, 0.717) is 11.7 Å². The number of anilines is 1. The quantitative estimate of drug-likeness (QED) is 0.635. The van der Waals surface area contributed by atoms with Crippen LogP contribution in [0.1, 0.15) is 44.2 Å². The predicted molar refractivity (Wildman–Crippen MR) is 90.8 cm³/mol. The van der Waals surface area contributed by atoms with Crippen LogP contribution in [0.15, 0.2) is 12.1 Å². The molecule has 0 bridgehead atoms. The molecule has 0 saturated carbocycles. The van der Waals surface area contributed by atoms with E-state index in [1.54, 1.807) is 6.07 Å². The standard InChI is InChI=1S/C16H26N2O.BrH/c1-3-9-18(10-4-2)13-6-7-14-12(11-13)5-8-15(19)16(14)17;/h5,8,13,19H,3-4,6-7,9-11,17H2,1-2H3;1H. The molecule has 1 aliphatic rings. The highest BCUT2D eigenvalue weighted by Gasteiger charge is 2.25. The predicted octanol–water partition coefficient (Wildman–Crippen LogP) is 3.53. The van der Waals surface area contributed by atoms with E-state index in [4.69, 9.17) is 5.73 Å². The first-order valence-corrected chi connectivity index (χ1v) is 7.50. The van der Waals surface area contributed by atoms with E-state index in [-0.39, 0.29) is 22.7 Å². The van der Waals surface area contributed by atoms with Gasteiger partial charge in [-0.1, -0.05) is 19.9 Å². The average molecular weight is 343 g/mol. The number of fused-ring (bicyclic) bond motifs is 1. The summed E-state index contributed by atoms with van der Waals surface area (Å²) in [7, 11) is 0. The third-order valence-corrected chi connectivity index (χ3v) is 4.15. The minimum atomic E-state index is 0. The van der Waals surface area contributed by atoms with Crippen molar-refractivity contribution in [2.75, 3.05) is 18.8 Å². The SMILES string of the molecule is Br.CCCN(CCC)C1CCc2c(ccc(O)c2N)C1. The Morgan fingerprint density at radius 1 is 1.25 bits per heavy atom. The number of phenolic OH excluding ortho intramolecular Hbond substituents is 1. The Hall–Kier alpha value is -0.740. The van der Waals surface area contributed by atoms with E-state index in [1.807, 2.05) is 6.07 Å². The molecule has 1 aliphatic carbocycles. The molecule has 0 aromatic heterocycles. The van der Waals surface area contributed by atoms with Gasteiger partial charge in [-0.2, -0.15) is 0 Å². The van der Waals surface area contributed by atoms with Crippen LogP contribution in [0.2, 0.25) is 0 Å². The van der Waals surface area contributed by atoms with Gasteiger partial charge in [-0.3, -0.25) is 0 Å². The van der Waals surface area contributed by atoms with Crippen molar-refractivity contribution >= 4 is 22.7 Å². The molecule has 0 spiro atoms. The van der Waals surface area contributed by atoms with Crippen molar-refractivity contribution in [2.45, 2.75) is 52.0 Å². The van der Waals surface area contributed by atoms with Crippen molar-refractivity contribution in [2.24, 2.45) is 0 Å². The molecule has 1 aromatic carbocycles. The first-order chi connectivity index (χ1) is 9.17. The Kier molecular flexibility index (Phi) is 6.83. The smallest absolute Gasteiger partial charge is 0.138 e. The maximum Gasteiger partial charge on any atom is 0.138 e. The molecular weight excluding hydrogens is 316 g/mol. The molecule has 0 aliphatic heterocycles. The van der Waals surface area contributed by atoms with Crippen LogP contribution in [0, 0.1) is 0 Å². The molecule has 0 heterocycles. The largest absolute Gasteiger partial charge is 0.506 e. The van der Waals surface area contributed by atoms with Gasteiger partial charge in [-0.05, 0) is 62.4 Å². The van der Waals surface area contributed by atoms with Crippen LogP contribution in [0.4, 0.5) is 5.69 Å². The minimum absolute atomic E-state index is 0. The Bertz CT molecular complexity index is 431. The summed E-state index contributed by atoms with van der Waals surface area (Å²) in [5.41, 5.74) is 9.06. The van der Waals surface area contributed by atoms with E-state index in [1.165, 1.54) is 37.1 Å². The Morgan fingerprint density at radius 3 is 2.50 bits per heavy atom. The number of phenols is 1. The molecule has 1 aromatic rings. The fraction of sp³-hybridized carbons (Fsp3) is 0.625. The highest BCUT2D eigenvalue weighted by Crippen LogP contribution is 2.33. The maximum atomic E-state index is 9.68. The summed E-state index contributed by atoms with van der Waals surface area (Å²) in [5, 5.41) is 9.68. The van der Waals surface area contributed by atoms with Crippen molar-refractivity contribution in [3.8, 4) is 5.75 Å². The first kappa shape index (κ1) is 17.3. The second-order valence-electron chi connectivity index (χ2n) is 5.57. The second-order valence-corrected chi connectivity index (χ2v) is 5.57. The van der Waals surface area contributed by atoms with Gasteiger partial charge in [-0.15, -0.1) is 17.0 Å². The van der Waals surface area contributed by atoms with E-state index in [0.717, 1.165) is 19.3 Å². The molecule has 3 nitrogen and oxygen atoms in total. The van der Waals surface area contributed by atoms with Crippen molar-refractivity contribution in [3.63, 3.8) is 0 Å². The highest BCUT2D eigenvalue weighted by molar-refractivity contribution is 8.93. The first-order valence-electron chi connectivity index (χ1n) is 7.50. The van der Waals surface area contributed by atoms with Gasteiger partial charge >= 0.3 is 0 Å². The molecule has 114 valence electrons. The molecule has 1 atom stereocenters. The molecule has 0 fully saturated rings. The molecule has 3 N–H and O–H groups in total. The zero-order chi connectivity index (χ0) is 13.8. The fourth-order valence-electron chi connectivity index (χ4n) is 3.21. The minimum Gasteiger partial charge on any atom is -0.506 e. The van der Waals surface area contributed by atoms with Crippen molar-refractivity contribution in [1.82, 2.24) is 4.90 Å². The Morgan fingerprint density at radius 2 is 1.90 bits per heavy atom. The van der Waals surface area contributed by atoms with Gasteiger partial charge in [0.05, 0.1) is 5.69 Å². The molecule has 20 heavy (non-hydrogen) atoms. The topological polar surface area (TPSA) is 49.5 Å². The summed E-state index contributed by atoms with van der Waals surface area (Å²) in [6.07, 6.45) is 5.63. The summed E-state index contributed by atoms with van der Waals surface area (Å²) in [6, 6.07) is 4.42. The van der Waals surface area contributed by atoms with Gasteiger partial charge in [-0.25, -0.2) is 0 Å². The van der Waals surface area contributed by atoms with E-state index >= 15 is 0 Å². The van der Waals surface area contributed by atoms with Gasteiger partial charge in [0, 0.05) is 6.04 Å². The number of nitrogens with two attached hydrogens (primary N) is 1. The number of rotatable bonds is 5. The van der Waals surface area contributed by atoms with Crippen LogP contribution < -0.4 is 5.73 Å². The van der Waals surface area contributed by atoms with Gasteiger partial charge < -0.3 is 15.7 Å². The fourth-order valence-corrected chi connectivity index (χ4v) is 3.21. The van der Waals surface area contributed by atoms with Crippen LogP contribution >= 0.6 is 17.0 Å². The van der Waals surface area contributed by atoms with E-state index in [9.17, 15) is 5.11 Å². The summed E-state index contributed by atoms with van der Waals surface area (Å²) >= 11 is 0. The summed E-state index contributed by atoms with van der Waals surface area (Å²) in [4.78, 5) is 2.62. The molecule has 0 radical (unpaired) electrons. The molecule has 0 amide bonds. The van der Waals surface area contributed by atoms with Crippen LogP contribution in [-0.4, -0.2) is 29.1 Å². The van der Waals surface area contributed by atoms with Crippen LogP contribution in [0.25, 0.3) is 0 Å². The lowest BCUT2D eigenvalue weighted by molar-refractivity contribution is 0.180. The number of hydrogen-bond acceptors (Lipinski definition) is 3. The highest BCUT2D eigenvalue weighted by atomic mass is 79.9. The lowest BCUT2D eigenvalue weighted by atomic mass is 9.86. The van der Waals surface area contributed by atoms with Crippen molar-refractivity contribution < 1.29 is 5.11 Å². The van der Waals surface area contributed by atoms with Crippen molar-refractivity contribution in [1.29, 1.82) is 0 Å². The molecule has 0 saturated heterocycles. The zero-order valence-electron chi connectivity index (χ0n) is 12.6. The zero-order valence-corrected chi connectivity index (χ0v) is 14.3.